The summed E-state index contributed by atoms with van der Waals surface area (Å²) in [7, 11) is -2.34. The van der Waals surface area contributed by atoms with Crippen LogP contribution in [0.2, 0.25) is 0 Å². The van der Waals surface area contributed by atoms with Crippen molar-refractivity contribution in [2.75, 3.05) is 26.8 Å². The Morgan fingerprint density at radius 1 is 1.38 bits per heavy atom. The Balaban J connectivity index is 2.22. The Bertz CT molecular complexity index is 611. The normalized spacial score (nSPS) is 18.9. The number of halogens is 1. The third-order valence-corrected chi connectivity index (χ3v) is 5.73. The van der Waals surface area contributed by atoms with E-state index in [2.05, 4.69) is 0 Å². The van der Waals surface area contributed by atoms with Crippen molar-refractivity contribution in [2.24, 2.45) is 0 Å². The average molecular weight is 317 g/mol. The van der Waals surface area contributed by atoms with Crippen LogP contribution in [-0.4, -0.2) is 50.2 Å². The van der Waals surface area contributed by atoms with Gasteiger partial charge in [-0.3, -0.25) is 0 Å². The largest absolute Gasteiger partial charge is 0.388 e. The van der Waals surface area contributed by atoms with Gasteiger partial charge in [-0.1, -0.05) is 0 Å². The van der Waals surface area contributed by atoms with E-state index in [4.69, 9.17) is 4.74 Å². The van der Waals surface area contributed by atoms with Crippen LogP contribution in [0, 0.1) is 12.7 Å². The SMILES string of the molecule is Cc1cc(F)ccc1S(=O)(=O)N(C)CC1(O)CCOCC1. The molecule has 0 aliphatic carbocycles. The smallest absolute Gasteiger partial charge is 0.243 e. The highest BCUT2D eigenvalue weighted by Crippen LogP contribution is 2.25. The van der Waals surface area contributed by atoms with E-state index >= 15 is 0 Å². The lowest BCUT2D eigenvalue weighted by atomic mass is 9.95. The standard InChI is InChI=1S/C14H20FNO4S/c1-11-9-12(15)3-4-13(11)21(18,19)16(2)10-14(17)5-7-20-8-6-14/h3-4,9,17H,5-8,10H2,1-2H3. The first-order chi connectivity index (χ1) is 9.74. The molecule has 7 heteroatoms. The van der Waals surface area contributed by atoms with Gasteiger partial charge < -0.3 is 9.84 Å². The van der Waals surface area contributed by atoms with Gasteiger partial charge >= 0.3 is 0 Å². The maximum atomic E-state index is 13.1. The zero-order valence-corrected chi connectivity index (χ0v) is 13.0. The highest BCUT2D eigenvalue weighted by molar-refractivity contribution is 7.89. The summed E-state index contributed by atoms with van der Waals surface area (Å²) in [5, 5.41) is 10.4. The van der Waals surface area contributed by atoms with Crippen LogP contribution >= 0.6 is 0 Å². The fourth-order valence-corrected chi connectivity index (χ4v) is 3.93. The zero-order chi connectivity index (χ0) is 15.7. The Morgan fingerprint density at radius 3 is 2.57 bits per heavy atom. The van der Waals surface area contributed by atoms with E-state index in [1.807, 2.05) is 0 Å². The summed E-state index contributed by atoms with van der Waals surface area (Å²) in [6.07, 6.45) is 0.796. The number of nitrogens with zero attached hydrogens (tertiary/aromatic N) is 1. The first-order valence-electron chi connectivity index (χ1n) is 6.77. The molecule has 21 heavy (non-hydrogen) atoms. The molecule has 1 aliphatic rings. The van der Waals surface area contributed by atoms with Crippen LogP contribution in [0.3, 0.4) is 0 Å². The first-order valence-corrected chi connectivity index (χ1v) is 8.21. The molecule has 2 rings (SSSR count). The van der Waals surface area contributed by atoms with Crippen LogP contribution in [0.5, 0.6) is 0 Å². The van der Waals surface area contributed by atoms with Gasteiger partial charge in [0.2, 0.25) is 10.0 Å². The molecular weight excluding hydrogens is 297 g/mol. The van der Waals surface area contributed by atoms with Crippen molar-refractivity contribution < 1.29 is 22.7 Å². The summed E-state index contributed by atoms with van der Waals surface area (Å²) in [6, 6.07) is 3.56. The fraction of sp³-hybridized carbons (Fsp3) is 0.571. The molecule has 1 heterocycles. The maximum absolute atomic E-state index is 13.1. The van der Waals surface area contributed by atoms with Crippen LogP contribution < -0.4 is 0 Å². The quantitative estimate of drug-likeness (QED) is 0.909. The molecule has 0 saturated carbocycles. The van der Waals surface area contributed by atoms with Crippen molar-refractivity contribution in [1.82, 2.24) is 4.31 Å². The Morgan fingerprint density at radius 2 is 2.00 bits per heavy atom. The molecule has 1 N–H and O–H groups in total. The van der Waals surface area contributed by atoms with Crippen LogP contribution in [0.15, 0.2) is 23.1 Å². The van der Waals surface area contributed by atoms with Crippen molar-refractivity contribution in [1.29, 1.82) is 0 Å². The number of rotatable bonds is 4. The predicted molar refractivity (Wildman–Crippen MR) is 76.0 cm³/mol. The minimum Gasteiger partial charge on any atom is -0.388 e. The predicted octanol–water partition coefficient (Wildman–Crippen LogP) is 1.30. The van der Waals surface area contributed by atoms with Crippen LogP contribution in [0.4, 0.5) is 4.39 Å². The number of hydrogen-bond acceptors (Lipinski definition) is 4. The van der Waals surface area contributed by atoms with E-state index in [0.717, 1.165) is 10.4 Å². The van der Waals surface area contributed by atoms with E-state index in [1.165, 1.54) is 19.2 Å². The molecule has 1 aromatic rings. The number of sulfonamides is 1. The highest BCUT2D eigenvalue weighted by Gasteiger charge is 2.35. The average Bonchev–Trinajstić information content (AvgIpc) is 2.38. The Kier molecular flexibility index (Phi) is 4.67. The lowest BCUT2D eigenvalue weighted by Gasteiger charge is -2.35. The first kappa shape index (κ1) is 16.4. The van der Waals surface area contributed by atoms with Crippen LogP contribution in [0.25, 0.3) is 0 Å². The number of aryl methyl sites for hydroxylation is 1. The fourth-order valence-electron chi connectivity index (χ4n) is 2.48. The number of benzene rings is 1. The third kappa shape index (κ3) is 3.60. The van der Waals surface area contributed by atoms with Gasteiger partial charge in [-0.25, -0.2) is 12.8 Å². The number of aliphatic hydroxyl groups is 1. The summed E-state index contributed by atoms with van der Waals surface area (Å²) in [6.45, 7) is 2.38. The van der Waals surface area contributed by atoms with Gasteiger partial charge in [0.05, 0.1) is 10.5 Å². The third-order valence-electron chi connectivity index (χ3n) is 3.77. The molecule has 0 unspecified atom stereocenters. The van der Waals surface area contributed by atoms with Crippen LogP contribution in [-0.2, 0) is 14.8 Å². The second-order valence-electron chi connectivity index (χ2n) is 5.51. The van der Waals surface area contributed by atoms with E-state index < -0.39 is 21.4 Å². The van der Waals surface area contributed by atoms with Crippen molar-refractivity contribution in [2.45, 2.75) is 30.3 Å². The minimum atomic E-state index is -3.76. The minimum absolute atomic E-state index is 0.00445. The number of ether oxygens (including phenoxy) is 1. The van der Waals surface area contributed by atoms with Gasteiger partial charge in [0, 0.05) is 39.6 Å². The molecule has 0 atom stereocenters. The van der Waals surface area contributed by atoms with Gasteiger partial charge in [0.1, 0.15) is 5.82 Å². The van der Waals surface area contributed by atoms with Crippen molar-refractivity contribution >= 4 is 10.0 Å². The molecule has 118 valence electrons. The van der Waals surface area contributed by atoms with Crippen molar-refractivity contribution in [3.8, 4) is 0 Å². The molecule has 1 fully saturated rings. The molecule has 5 nitrogen and oxygen atoms in total. The van der Waals surface area contributed by atoms with Crippen LogP contribution in [0.1, 0.15) is 18.4 Å². The second-order valence-corrected chi connectivity index (χ2v) is 7.52. The summed E-state index contributed by atoms with van der Waals surface area (Å²) in [4.78, 5) is 0.0575. The summed E-state index contributed by atoms with van der Waals surface area (Å²) >= 11 is 0. The van der Waals surface area contributed by atoms with E-state index in [1.54, 1.807) is 6.92 Å². The Hall–Kier alpha value is -1.02. The summed E-state index contributed by atoms with van der Waals surface area (Å²) < 4.78 is 44.5. The molecule has 0 amide bonds. The summed E-state index contributed by atoms with van der Waals surface area (Å²) in [5.74, 6) is -0.475. The molecular formula is C14H20FNO4S. The van der Waals surface area contributed by atoms with E-state index in [9.17, 15) is 17.9 Å². The van der Waals surface area contributed by atoms with Gasteiger partial charge in [0.25, 0.3) is 0 Å². The van der Waals surface area contributed by atoms with E-state index in [-0.39, 0.29) is 11.4 Å². The summed E-state index contributed by atoms with van der Waals surface area (Å²) in [5.41, 5.74) is -0.727. The molecule has 1 saturated heterocycles. The Labute approximate surface area is 124 Å². The van der Waals surface area contributed by atoms with E-state index in [0.29, 0.717) is 31.6 Å². The van der Waals surface area contributed by atoms with Gasteiger partial charge in [-0.15, -0.1) is 0 Å². The lowest BCUT2D eigenvalue weighted by Crippen LogP contribution is -2.47. The van der Waals surface area contributed by atoms with Crippen molar-refractivity contribution in [3.63, 3.8) is 0 Å². The molecule has 0 bridgehead atoms. The topological polar surface area (TPSA) is 66.8 Å². The van der Waals surface area contributed by atoms with Gasteiger partial charge in [-0.05, 0) is 30.7 Å². The van der Waals surface area contributed by atoms with Gasteiger partial charge in [0.15, 0.2) is 0 Å². The zero-order valence-electron chi connectivity index (χ0n) is 12.2. The molecule has 1 aromatic carbocycles. The van der Waals surface area contributed by atoms with Crippen molar-refractivity contribution in [3.05, 3.63) is 29.6 Å². The monoisotopic (exact) mass is 317 g/mol. The maximum Gasteiger partial charge on any atom is 0.243 e. The number of likely N-dealkylation sites (N-methyl/N-ethyl adjacent to an activating group) is 1. The molecule has 1 aliphatic heterocycles. The molecule has 0 radical (unpaired) electrons. The molecule has 0 spiro atoms. The second kappa shape index (κ2) is 6.00. The molecule has 0 aromatic heterocycles. The number of hydrogen-bond donors (Lipinski definition) is 1. The lowest BCUT2D eigenvalue weighted by molar-refractivity contribution is -0.0689. The highest BCUT2D eigenvalue weighted by atomic mass is 32.2. The van der Waals surface area contributed by atoms with Gasteiger partial charge in [-0.2, -0.15) is 4.31 Å².